The quantitative estimate of drug-likeness (QED) is 0.462. The number of amides is 1. The number of fused-ring (bicyclic) bond motifs is 1. The number of hydrazone groups is 1. The van der Waals surface area contributed by atoms with Crippen molar-refractivity contribution in [2.75, 3.05) is 0 Å². The lowest BCUT2D eigenvalue weighted by Crippen LogP contribution is -2.16. The summed E-state index contributed by atoms with van der Waals surface area (Å²) < 4.78 is 0.913. The molecular formula is C16H9Cl3N2O2S. The van der Waals surface area contributed by atoms with Crippen LogP contribution in [0.5, 0.6) is 5.75 Å². The van der Waals surface area contributed by atoms with Crippen LogP contribution in [0, 0.1) is 0 Å². The highest BCUT2D eigenvalue weighted by Crippen LogP contribution is 2.35. The zero-order valence-corrected chi connectivity index (χ0v) is 15.0. The second-order valence-corrected chi connectivity index (χ2v) is 7.04. The molecule has 4 nitrogen and oxygen atoms in total. The molecule has 0 aliphatic carbocycles. The second kappa shape index (κ2) is 6.99. The van der Waals surface area contributed by atoms with Gasteiger partial charge in [-0.3, -0.25) is 4.79 Å². The van der Waals surface area contributed by atoms with Crippen LogP contribution in [-0.4, -0.2) is 17.2 Å². The van der Waals surface area contributed by atoms with Crippen molar-refractivity contribution in [2.24, 2.45) is 5.10 Å². The Balaban J connectivity index is 1.81. The number of halogens is 3. The SMILES string of the molecule is O=C(N/N=C/c1cc(Cl)cc(Cl)c1O)c1sc2ccccc2c1Cl. The van der Waals surface area contributed by atoms with Gasteiger partial charge in [0.15, 0.2) is 0 Å². The van der Waals surface area contributed by atoms with Crippen LogP contribution in [0.1, 0.15) is 15.2 Å². The monoisotopic (exact) mass is 398 g/mol. The van der Waals surface area contributed by atoms with Gasteiger partial charge in [-0.25, -0.2) is 5.43 Å². The maximum atomic E-state index is 12.2. The normalized spacial score (nSPS) is 11.3. The third-order valence-electron chi connectivity index (χ3n) is 3.17. The number of benzene rings is 2. The van der Waals surface area contributed by atoms with Gasteiger partial charge in [-0.2, -0.15) is 5.10 Å². The fourth-order valence-electron chi connectivity index (χ4n) is 2.06. The zero-order chi connectivity index (χ0) is 17.3. The van der Waals surface area contributed by atoms with E-state index >= 15 is 0 Å². The van der Waals surface area contributed by atoms with Gasteiger partial charge in [0.2, 0.25) is 0 Å². The molecule has 2 N–H and O–H groups in total. The molecule has 24 heavy (non-hydrogen) atoms. The van der Waals surface area contributed by atoms with E-state index in [1.807, 2.05) is 24.3 Å². The lowest BCUT2D eigenvalue weighted by Gasteiger charge is -2.02. The van der Waals surface area contributed by atoms with Gasteiger partial charge in [-0.1, -0.05) is 53.0 Å². The summed E-state index contributed by atoms with van der Waals surface area (Å²) in [5, 5.41) is 15.3. The number of thiophene rings is 1. The van der Waals surface area contributed by atoms with Gasteiger partial charge in [-0.05, 0) is 18.2 Å². The molecule has 0 atom stereocenters. The van der Waals surface area contributed by atoms with Gasteiger partial charge in [-0.15, -0.1) is 11.3 Å². The van der Waals surface area contributed by atoms with E-state index in [2.05, 4.69) is 10.5 Å². The largest absolute Gasteiger partial charge is 0.506 e. The van der Waals surface area contributed by atoms with Crippen LogP contribution in [0.4, 0.5) is 0 Å². The molecular weight excluding hydrogens is 391 g/mol. The molecule has 0 radical (unpaired) electrons. The van der Waals surface area contributed by atoms with E-state index < -0.39 is 5.91 Å². The number of carbonyl (C=O) groups is 1. The van der Waals surface area contributed by atoms with E-state index in [0.717, 1.165) is 10.1 Å². The molecule has 3 aromatic rings. The standard InChI is InChI=1S/C16H9Cl3N2O2S/c17-9-5-8(14(22)11(18)6-9)7-20-21-16(23)15-13(19)10-3-1-2-4-12(10)24-15/h1-7,22H,(H,21,23)/b20-7+. The number of phenols is 1. The van der Waals surface area contributed by atoms with Crippen molar-refractivity contribution in [3.63, 3.8) is 0 Å². The molecule has 8 heteroatoms. The molecule has 1 heterocycles. The number of nitrogens with zero attached hydrogens (tertiary/aromatic N) is 1. The number of phenolic OH excluding ortho intramolecular Hbond substituents is 1. The molecule has 0 spiro atoms. The molecule has 1 aromatic heterocycles. The molecule has 0 saturated carbocycles. The summed E-state index contributed by atoms with van der Waals surface area (Å²) in [5.41, 5.74) is 2.66. The first-order valence-electron chi connectivity index (χ1n) is 6.66. The Labute approximate surface area is 156 Å². The topological polar surface area (TPSA) is 61.7 Å². The number of rotatable bonds is 3. The Morgan fingerprint density at radius 2 is 1.96 bits per heavy atom. The van der Waals surface area contributed by atoms with Crippen LogP contribution in [0.15, 0.2) is 41.5 Å². The van der Waals surface area contributed by atoms with Crippen molar-refractivity contribution in [3.05, 3.63) is 61.9 Å². The maximum absolute atomic E-state index is 12.2. The molecule has 0 aliphatic rings. The minimum absolute atomic E-state index is 0.0998. The Morgan fingerprint density at radius 3 is 2.71 bits per heavy atom. The zero-order valence-electron chi connectivity index (χ0n) is 11.9. The van der Waals surface area contributed by atoms with Crippen molar-refractivity contribution in [3.8, 4) is 5.75 Å². The first-order valence-corrected chi connectivity index (χ1v) is 8.61. The van der Waals surface area contributed by atoms with E-state index in [-0.39, 0.29) is 16.3 Å². The van der Waals surface area contributed by atoms with E-state index in [1.165, 1.54) is 29.7 Å². The first-order chi connectivity index (χ1) is 11.5. The smallest absolute Gasteiger partial charge is 0.283 e. The van der Waals surface area contributed by atoms with Crippen LogP contribution >= 0.6 is 46.1 Å². The van der Waals surface area contributed by atoms with E-state index in [0.29, 0.717) is 14.9 Å². The highest BCUT2D eigenvalue weighted by atomic mass is 35.5. The van der Waals surface area contributed by atoms with Crippen LogP contribution in [0.3, 0.4) is 0 Å². The van der Waals surface area contributed by atoms with Crippen molar-refractivity contribution < 1.29 is 9.90 Å². The highest BCUT2D eigenvalue weighted by molar-refractivity contribution is 7.21. The Kier molecular flexibility index (Phi) is 4.96. The average Bonchev–Trinajstić information content (AvgIpc) is 2.89. The van der Waals surface area contributed by atoms with Crippen LogP contribution in [0.25, 0.3) is 10.1 Å². The lowest BCUT2D eigenvalue weighted by molar-refractivity contribution is 0.0959. The minimum atomic E-state index is -0.440. The van der Waals surface area contributed by atoms with Crippen LogP contribution in [-0.2, 0) is 0 Å². The van der Waals surface area contributed by atoms with Crippen LogP contribution < -0.4 is 5.43 Å². The molecule has 0 unspecified atom stereocenters. The summed E-state index contributed by atoms with van der Waals surface area (Å²) >= 11 is 19.2. The molecule has 0 aliphatic heterocycles. The van der Waals surface area contributed by atoms with Gasteiger partial charge in [0.05, 0.1) is 16.3 Å². The predicted molar refractivity (Wildman–Crippen MR) is 100 cm³/mol. The molecule has 0 saturated heterocycles. The van der Waals surface area contributed by atoms with Crippen molar-refractivity contribution >= 4 is 68.3 Å². The molecule has 1 amide bonds. The van der Waals surface area contributed by atoms with Gasteiger partial charge in [0, 0.05) is 20.7 Å². The van der Waals surface area contributed by atoms with E-state index in [9.17, 15) is 9.90 Å². The maximum Gasteiger partial charge on any atom is 0.283 e. The van der Waals surface area contributed by atoms with Crippen molar-refractivity contribution in [1.29, 1.82) is 0 Å². The highest BCUT2D eigenvalue weighted by Gasteiger charge is 2.16. The third kappa shape index (κ3) is 3.35. The molecule has 0 bridgehead atoms. The van der Waals surface area contributed by atoms with Crippen molar-refractivity contribution in [1.82, 2.24) is 5.43 Å². The molecule has 2 aromatic carbocycles. The summed E-state index contributed by atoms with van der Waals surface area (Å²) in [6.45, 7) is 0. The van der Waals surface area contributed by atoms with Gasteiger partial charge >= 0.3 is 0 Å². The number of hydrogen-bond acceptors (Lipinski definition) is 4. The number of carbonyl (C=O) groups excluding carboxylic acids is 1. The molecule has 0 fully saturated rings. The number of nitrogens with one attached hydrogen (secondary N) is 1. The fourth-order valence-corrected chi connectivity index (χ4v) is 3.97. The summed E-state index contributed by atoms with van der Waals surface area (Å²) in [6, 6.07) is 10.3. The Bertz CT molecular complexity index is 969. The number of aromatic hydroxyl groups is 1. The summed E-state index contributed by atoms with van der Waals surface area (Å²) in [7, 11) is 0. The van der Waals surface area contributed by atoms with E-state index in [4.69, 9.17) is 34.8 Å². The molecule has 3 rings (SSSR count). The first kappa shape index (κ1) is 17.0. The minimum Gasteiger partial charge on any atom is -0.506 e. The van der Waals surface area contributed by atoms with Gasteiger partial charge in [0.1, 0.15) is 10.6 Å². The summed E-state index contributed by atoms with van der Waals surface area (Å²) in [4.78, 5) is 12.6. The molecule has 122 valence electrons. The fraction of sp³-hybridized carbons (Fsp3) is 0. The predicted octanol–water partition coefficient (Wildman–Crippen LogP) is 5.33. The number of hydrogen-bond donors (Lipinski definition) is 2. The van der Waals surface area contributed by atoms with Crippen LogP contribution in [0.2, 0.25) is 15.1 Å². The summed E-state index contributed by atoms with van der Waals surface area (Å²) in [6.07, 6.45) is 1.26. The van der Waals surface area contributed by atoms with E-state index in [1.54, 1.807) is 0 Å². The second-order valence-electron chi connectivity index (χ2n) is 4.77. The Hall–Kier alpha value is -1.79. The summed E-state index contributed by atoms with van der Waals surface area (Å²) in [5.74, 6) is -0.607. The van der Waals surface area contributed by atoms with Crippen molar-refractivity contribution in [2.45, 2.75) is 0 Å². The third-order valence-corrected chi connectivity index (χ3v) is 5.35. The Morgan fingerprint density at radius 1 is 1.21 bits per heavy atom. The lowest BCUT2D eigenvalue weighted by atomic mass is 10.2. The van der Waals surface area contributed by atoms with Gasteiger partial charge < -0.3 is 5.11 Å². The average molecular weight is 400 g/mol. The van der Waals surface area contributed by atoms with Gasteiger partial charge in [0.25, 0.3) is 5.91 Å².